The number of hydrogen-bond acceptors (Lipinski definition) is 3. The van der Waals surface area contributed by atoms with E-state index in [9.17, 15) is 8.42 Å². The monoisotopic (exact) mass is 303 g/mol. The SMILES string of the molecule is CN(C)S(=O)(=O)Nc1ccc(Br)cc1C#N. The molecule has 0 radical (unpaired) electrons. The molecule has 0 heterocycles. The number of nitrogens with zero attached hydrogens (tertiary/aromatic N) is 2. The van der Waals surface area contributed by atoms with Gasteiger partial charge in [-0.15, -0.1) is 0 Å². The van der Waals surface area contributed by atoms with Gasteiger partial charge in [-0.25, -0.2) is 0 Å². The summed E-state index contributed by atoms with van der Waals surface area (Å²) in [6.07, 6.45) is 0. The van der Waals surface area contributed by atoms with Crippen molar-refractivity contribution in [1.82, 2.24) is 4.31 Å². The van der Waals surface area contributed by atoms with Crippen LogP contribution >= 0.6 is 15.9 Å². The zero-order valence-corrected chi connectivity index (χ0v) is 11.1. The summed E-state index contributed by atoms with van der Waals surface area (Å²) in [4.78, 5) is 0. The predicted octanol–water partition coefficient (Wildman–Crippen LogP) is 1.54. The van der Waals surface area contributed by atoms with Crippen molar-refractivity contribution in [3.05, 3.63) is 28.2 Å². The van der Waals surface area contributed by atoms with Gasteiger partial charge in [0, 0.05) is 18.6 Å². The van der Waals surface area contributed by atoms with Gasteiger partial charge >= 0.3 is 10.2 Å². The second-order valence-corrected chi connectivity index (χ2v) is 5.99. The van der Waals surface area contributed by atoms with E-state index in [-0.39, 0.29) is 11.3 Å². The Morgan fingerprint density at radius 3 is 2.56 bits per heavy atom. The summed E-state index contributed by atoms with van der Waals surface area (Å²) >= 11 is 3.21. The van der Waals surface area contributed by atoms with Gasteiger partial charge in [-0.3, -0.25) is 4.72 Å². The Morgan fingerprint density at radius 1 is 1.44 bits per heavy atom. The molecule has 0 fully saturated rings. The van der Waals surface area contributed by atoms with Crippen LogP contribution in [0.15, 0.2) is 22.7 Å². The highest BCUT2D eigenvalue weighted by atomic mass is 79.9. The first-order valence-corrected chi connectivity index (χ1v) is 6.50. The normalized spacial score (nSPS) is 11.2. The molecule has 0 saturated heterocycles. The lowest BCUT2D eigenvalue weighted by atomic mass is 10.2. The smallest absolute Gasteiger partial charge is 0.270 e. The van der Waals surface area contributed by atoms with Crippen LogP contribution in [0, 0.1) is 11.3 Å². The number of benzene rings is 1. The number of nitriles is 1. The summed E-state index contributed by atoms with van der Waals surface area (Å²) in [6, 6.07) is 6.66. The fourth-order valence-corrected chi connectivity index (χ4v) is 1.93. The van der Waals surface area contributed by atoms with Crippen LogP contribution in [0.3, 0.4) is 0 Å². The van der Waals surface area contributed by atoms with Crippen molar-refractivity contribution in [2.24, 2.45) is 0 Å². The molecular formula is C9H10BrN3O2S. The van der Waals surface area contributed by atoms with E-state index in [1.165, 1.54) is 20.2 Å². The zero-order valence-electron chi connectivity index (χ0n) is 8.73. The van der Waals surface area contributed by atoms with Crippen LogP contribution in [0.4, 0.5) is 5.69 Å². The maximum atomic E-state index is 11.5. The summed E-state index contributed by atoms with van der Waals surface area (Å²) in [5.41, 5.74) is 0.527. The van der Waals surface area contributed by atoms with Crippen LogP contribution in [0.5, 0.6) is 0 Å². The highest BCUT2D eigenvalue weighted by Crippen LogP contribution is 2.21. The molecule has 0 saturated carbocycles. The average molecular weight is 304 g/mol. The number of hydrogen-bond donors (Lipinski definition) is 1. The molecule has 0 aliphatic carbocycles. The van der Waals surface area contributed by atoms with Crippen molar-refractivity contribution in [2.45, 2.75) is 0 Å². The molecule has 7 heteroatoms. The van der Waals surface area contributed by atoms with Crippen molar-refractivity contribution in [3.63, 3.8) is 0 Å². The molecule has 0 aliphatic heterocycles. The summed E-state index contributed by atoms with van der Waals surface area (Å²) in [6.45, 7) is 0. The minimum Gasteiger partial charge on any atom is -0.270 e. The molecular weight excluding hydrogens is 294 g/mol. The third-order valence-electron chi connectivity index (χ3n) is 1.82. The second-order valence-electron chi connectivity index (χ2n) is 3.19. The molecule has 5 nitrogen and oxygen atoms in total. The van der Waals surface area contributed by atoms with Gasteiger partial charge < -0.3 is 0 Å². The molecule has 0 spiro atoms. The van der Waals surface area contributed by atoms with Crippen molar-refractivity contribution in [2.75, 3.05) is 18.8 Å². The Balaban J connectivity index is 3.13. The maximum Gasteiger partial charge on any atom is 0.301 e. The van der Waals surface area contributed by atoms with E-state index in [2.05, 4.69) is 20.7 Å². The first-order valence-electron chi connectivity index (χ1n) is 4.27. The van der Waals surface area contributed by atoms with E-state index in [4.69, 9.17) is 5.26 Å². The third kappa shape index (κ3) is 2.95. The van der Waals surface area contributed by atoms with E-state index in [1.54, 1.807) is 12.1 Å². The molecule has 0 aliphatic rings. The lowest BCUT2D eigenvalue weighted by Crippen LogP contribution is -2.29. The Labute approximate surface area is 103 Å². The van der Waals surface area contributed by atoms with Crippen LogP contribution in [-0.4, -0.2) is 26.8 Å². The molecule has 0 atom stereocenters. The van der Waals surface area contributed by atoms with Gasteiger partial charge in [0.2, 0.25) is 0 Å². The highest BCUT2D eigenvalue weighted by Gasteiger charge is 2.15. The van der Waals surface area contributed by atoms with Gasteiger partial charge in [-0.05, 0) is 18.2 Å². The standard InChI is InChI=1S/C9H10BrN3O2S/c1-13(2)16(14,15)12-9-4-3-8(10)5-7(9)6-11/h3-5,12H,1-2H3. The van der Waals surface area contributed by atoms with Crippen LogP contribution in [-0.2, 0) is 10.2 Å². The first-order chi connectivity index (χ1) is 7.36. The van der Waals surface area contributed by atoms with Crippen LogP contribution < -0.4 is 4.72 Å². The molecule has 0 aromatic heterocycles. The topological polar surface area (TPSA) is 73.2 Å². The molecule has 16 heavy (non-hydrogen) atoms. The largest absolute Gasteiger partial charge is 0.301 e. The zero-order chi connectivity index (χ0) is 12.3. The molecule has 0 unspecified atom stereocenters. The van der Waals surface area contributed by atoms with Crippen molar-refractivity contribution in [3.8, 4) is 6.07 Å². The summed E-state index contributed by atoms with van der Waals surface area (Å²) in [7, 11) is -0.760. The van der Waals surface area contributed by atoms with E-state index in [0.717, 1.165) is 8.78 Å². The number of anilines is 1. The molecule has 0 bridgehead atoms. The van der Waals surface area contributed by atoms with E-state index in [1.807, 2.05) is 6.07 Å². The number of rotatable bonds is 3. The van der Waals surface area contributed by atoms with Gasteiger partial charge in [-0.2, -0.15) is 18.0 Å². The van der Waals surface area contributed by atoms with E-state index in [0.29, 0.717) is 0 Å². The minimum atomic E-state index is -3.58. The lowest BCUT2D eigenvalue weighted by Gasteiger charge is -2.14. The van der Waals surface area contributed by atoms with Gasteiger partial charge in [-0.1, -0.05) is 15.9 Å². The van der Waals surface area contributed by atoms with Crippen LogP contribution in [0.1, 0.15) is 5.56 Å². The van der Waals surface area contributed by atoms with E-state index >= 15 is 0 Å². The van der Waals surface area contributed by atoms with Crippen LogP contribution in [0.2, 0.25) is 0 Å². The Hall–Kier alpha value is -1.10. The van der Waals surface area contributed by atoms with Crippen molar-refractivity contribution in [1.29, 1.82) is 5.26 Å². The molecule has 1 aromatic rings. The van der Waals surface area contributed by atoms with Gasteiger partial charge in [0.1, 0.15) is 6.07 Å². The summed E-state index contributed by atoms with van der Waals surface area (Å²) < 4.78 is 27.2. The summed E-state index contributed by atoms with van der Waals surface area (Å²) in [5, 5.41) is 8.86. The molecule has 86 valence electrons. The van der Waals surface area contributed by atoms with Crippen molar-refractivity contribution >= 4 is 31.8 Å². The van der Waals surface area contributed by atoms with Gasteiger partial charge in [0.15, 0.2) is 0 Å². The molecule has 1 aromatic carbocycles. The lowest BCUT2D eigenvalue weighted by molar-refractivity contribution is 0.527. The number of halogens is 1. The van der Waals surface area contributed by atoms with Crippen LogP contribution in [0.25, 0.3) is 0 Å². The quantitative estimate of drug-likeness (QED) is 0.920. The third-order valence-corrected chi connectivity index (χ3v) is 3.75. The Morgan fingerprint density at radius 2 is 2.06 bits per heavy atom. The first kappa shape index (κ1) is 13.0. The number of nitrogens with one attached hydrogen (secondary N) is 1. The predicted molar refractivity (Wildman–Crippen MR) is 65.1 cm³/mol. The fraction of sp³-hybridized carbons (Fsp3) is 0.222. The minimum absolute atomic E-state index is 0.263. The second kappa shape index (κ2) is 4.82. The molecule has 1 N–H and O–H groups in total. The fourth-order valence-electron chi connectivity index (χ4n) is 0.928. The Kier molecular flexibility index (Phi) is 3.91. The molecule has 0 amide bonds. The average Bonchev–Trinajstić information content (AvgIpc) is 2.20. The van der Waals surface area contributed by atoms with Gasteiger partial charge in [0.05, 0.1) is 11.3 Å². The van der Waals surface area contributed by atoms with E-state index < -0.39 is 10.2 Å². The summed E-state index contributed by atoms with van der Waals surface area (Å²) in [5.74, 6) is 0. The van der Waals surface area contributed by atoms with Gasteiger partial charge in [0.25, 0.3) is 0 Å². The molecule has 1 rings (SSSR count). The van der Waals surface area contributed by atoms with Crippen molar-refractivity contribution < 1.29 is 8.42 Å². The maximum absolute atomic E-state index is 11.5. The highest BCUT2D eigenvalue weighted by molar-refractivity contribution is 9.10. The Bertz CT molecular complexity index is 534.